The van der Waals surface area contributed by atoms with E-state index in [2.05, 4.69) is 9.64 Å². The molecule has 0 aromatic heterocycles. The van der Waals surface area contributed by atoms with E-state index < -0.39 is 35.5 Å². The van der Waals surface area contributed by atoms with E-state index in [1.807, 2.05) is 24.3 Å². The highest BCUT2D eigenvalue weighted by Gasteiger charge is 2.24. The summed E-state index contributed by atoms with van der Waals surface area (Å²) in [6, 6.07) is 8.57. The fourth-order valence-corrected chi connectivity index (χ4v) is 3.20. The molecule has 0 bridgehead atoms. The van der Waals surface area contributed by atoms with Gasteiger partial charge >= 0.3 is 6.61 Å². The molecule has 1 fully saturated rings. The van der Waals surface area contributed by atoms with Gasteiger partial charge in [-0.25, -0.2) is 8.78 Å². The first-order valence-electron chi connectivity index (χ1n) is 8.96. The van der Waals surface area contributed by atoms with Crippen LogP contribution < -0.4 is 9.64 Å². The van der Waals surface area contributed by atoms with Crippen molar-refractivity contribution in [2.45, 2.75) is 13.2 Å². The van der Waals surface area contributed by atoms with Gasteiger partial charge in [0.15, 0.2) is 0 Å². The molecule has 0 atom stereocenters. The van der Waals surface area contributed by atoms with Crippen molar-refractivity contribution in [3.8, 4) is 5.75 Å². The minimum absolute atomic E-state index is 0.112. The molecule has 2 aromatic carbocycles. The number of halogens is 4. The number of hydrogen-bond acceptors (Lipinski definition) is 4. The van der Waals surface area contributed by atoms with Crippen molar-refractivity contribution in [1.29, 1.82) is 0 Å². The van der Waals surface area contributed by atoms with Crippen molar-refractivity contribution in [1.82, 2.24) is 4.90 Å². The molecule has 3 rings (SSSR count). The molecule has 0 aliphatic carbocycles. The molecule has 0 spiro atoms. The summed E-state index contributed by atoms with van der Waals surface area (Å²) in [4.78, 5) is 15.9. The van der Waals surface area contributed by atoms with Crippen LogP contribution in [0.5, 0.6) is 5.75 Å². The van der Waals surface area contributed by atoms with Crippen LogP contribution in [0.2, 0.25) is 0 Å². The first-order chi connectivity index (χ1) is 13.9. The van der Waals surface area contributed by atoms with E-state index in [1.165, 1.54) is 11.9 Å². The van der Waals surface area contributed by atoms with E-state index in [-0.39, 0.29) is 6.54 Å². The number of benzene rings is 2. The molecule has 1 amide bonds. The summed E-state index contributed by atoms with van der Waals surface area (Å²) in [5.74, 6) is -4.12. The number of morpholine rings is 1. The second-order valence-electron chi connectivity index (χ2n) is 6.53. The van der Waals surface area contributed by atoms with Gasteiger partial charge in [-0.2, -0.15) is 8.78 Å². The summed E-state index contributed by atoms with van der Waals surface area (Å²) < 4.78 is 62.3. The molecule has 0 unspecified atom stereocenters. The maximum absolute atomic E-state index is 14.2. The Bertz CT molecular complexity index is 850. The Morgan fingerprint density at radius 3 is 2.41 bits per heavy atom. The predicted molar refractivity (Wildman–Crippen MR) is 98.3 cm³/mol. The fourth-order valence-electron chi connectivity index (χ4n) is 3.20. The average Bonchev–Trinajstić information content (AvgIpc) is 2.68. The highest BCUT2D eigenvalue weighted by Crippen LogP contribution is 2.26. The van der Waals surface area contributed by atoms with Crippen molar-refractivity contribution >= 4 is 11.6 Å². The average molecular weight is 412 g/mol. The topological polar surface area (TPSA) is 42.0 Å². The van der Waals surface area contributed by atoms with Crippen LogP contribution in [-0.2, 0) is 11.3 Å². The second kappa shape index (κ2) is 9.13. The number of carbonyl (C=O) groups is 1. The molecule has 1 aliphatic rings. The maximum atomic E-state index is 14.2. The van der Waals surface area contributed by atoms with Gasteiger partial charge in [-0.1, -0.05) is 18.2 Å². The van der Waals surface area contributed by atoms with Crippen LogP contribution in [0.15, 0.2) is 36.4 Å². The zero-order valence-electron chi connectivity index (χ0n) is 15.7. The summed E-state index contributed by atoms with van der Waals surface area (Å²) in [7, 11) is 1.42. The highest BCUT2D eigenvalue weighted by molar-refractivity contribution is 5.94. The number of alkyl halides is 2. The zero-order chi connectivity index (χ0) is 21.0. The van der Waals surface area contributed by atoms with Gasteiger partial charge < -0.3 is 19.3 Å². The Labute approximate surface area is 165 Å². The summed E-state index contributed by atoms with van der Waals surface area (Å²) >= 11 is 0. The molecule has 29 heavy (non-hydrogen) atoms. The van der Waals surface area contributed by atoms with Crippen LogP contribution in [0.25, 0.3) is 0 Å². The van der Waals surface area contributed by atoms with Crippen molar-refractivity contribution in [2.24, 2.45) is 0 Å². The van der Waals surface area contributed by atoms with Crippen molar-refractivity contribution in [3.05, 3.63) is 59.2 Å². The first-order valence-corrected chi connectivity index (χ1v) is 8.96. The van der Waals surface area contributed by atoms with E-state index in [0.29, 0.717) is 38.4 Å². The van der Waals surface area contributed by atoms with Crippen LogP contribution in [0.3, 0.4) is 0 Å². The minimum atomic E-state index is -3.23. The Morgan fingerprint density at radius 2 is 1.79 bits per heavy atom. The van der Waals surface area contributed by atoms with Gasteiger partial charge in [0.25, 0.3) is 5.91 Å². The molecule has 0 N–H and O–H groups in total. The normalized spacial score (nSPS) is 14.2. The number of nitrogens with zero attached hydrogens (tertiary/aromatic N) is 2. The summed E-state index contributed by atoms with van der Waals surface area (Å²) in [5.41, 5.74) is 0.902. The van der Waals surface area contributed by atoms with Crippen LogP contribution in [-0.4, -0.2) is 50.8 Å². The predicted octanol–water partition coefficient (Wildman–Crippen LogP) is 3.68. The smallest absolute Gasteiger partial charge is 0.387 e. The third-order valence-corrected chi connectivity index (χ3v) is 4.55. The number of amides is 1. The van der Waals surface area contributed by atoms with Gasteiger partial charge in [0, 0.05) is 44.5 Å². The van der Waals surface area contributed by atoms with E-state index in [9.17, 15) is 22.4 Å². The van der Waals surface area contributed by atoms with Crippen LogP contribution in [0.1, 0.15) is 15.9 Å². The van der Waals surface area contributed by atoms with Gasteiger partial charge in [-0.3, -0.25) is 4.79 Å². The lowest BCUT2D eigenvalue weighted by atomic mass is 10.1. The Balaban J connectivity index is 1.80. The molecule has 1 heterocycles. The minimum Gasteiger partial charge on any atom is -0.435 e. The number of anilines is 1. The number of para-hydroxylation sites is 1. The highest BCUT2D eigenvalue weighted by atomic mass is 19.3. The van der Waals surface area contributed by atoms with E-state index >= 15 is 0 Å². The van der Waals surface area contributed by atoms with Gasteiger partial charge in [-0.05, 0) is 11.6 Å². The second-order valence-corrected chi connectivity index (χ2v) is 6.53. The number of ether oxygens (including phenoxy) is 2. The Morgan fingerprint density at radius 1 is 1.17 bits per heavy atom. The number of hydrogen-bond donors (Lipinski definition) is 0. The number of rotatable bonds is 6. The van der Waals surface area contributed by atoms with Crippen molar-refractivity contribution in [2.75, 3.05) is 38.3 Å². The lowest BCUT2D eigenvalue weighted by Gasteiger charge is -2.31. The monoisotopic (exact) mass is 412 g/mol. The molecule has 156 valence electrons. The first kappa shape index (κ1) is 20.9. The molecule has 1 aliphatic heterocycles. The summed E-state index contributed by atoms with van der Waals surface area (Å²) in [6.07, 6.45) is 0. The lowest BCUT2D eigenvalue weighted by molar-refractivity contribution is -0.0501. The quantitative estimate of drug-likeness (QED) is 0.679. The van der Waals surface area contributed by atoms with E-state index in [0.717, 1.165) is 11.3 Å². The molecule has 1 saturated heterocycles. The van der Waals surface area contributed by atoms with E-state index in [1.54, 1.807) is 0 Å². The van der Waals surface area contributed by atoms with Crippen molar-refractivity contribution < 1.29 is 31.8 Å². The third-order valence-electron chi connectivity index (χ3n) is 4.55. The van der Waals surface area contributed by atoms with Crippen molar-refractivity contribution in [3.63, 3.8) is 0 Å². The Kier molecular flexibility index (Phi) is 6.58. The largest absolute Gasteiger partial charge is 0.435 e. The Hall–Kier alpha value is -2.81. The van der Waals surface area contributed by atoms with Gasteiger partial charge in [0.1, 0.15) is 22.9 Å². The maximum Gasteiger partial charge on any atom is 0.387 e. The summed E-state index contributed by atoms with van der Waals surface area (Å²) in [5, 5.41) is 0. The van der Waals surface area contributed by atoms with Crippen LogP contribution in [0.4, 0.5) is 23.2 Å². The zero-order valence-corrected chi connectivity index (χ0v) is 15.7. The molecule has 0 radical (unpaired) electrons. The van der Waals surface area contributed by atoms with Crippen LogP contribution >= 0.6 is 0 Å². The van der Waals surface area contributed by atoms with Gasteiger partial charge in [-0.15, -0.1) is 0 Å². The van der Waals surface area contributed by atoms with Gasteiger partial charge in [0.2, 0.25) is 0 Å². The lowest BCUT2D eigenvalue weighted by Crippen LogP contribution is -2.37. The van der Waals surface area contributed by atoms with Gasteiger partial charge in [0.05, 0.1) is 13.2 Å². The number of carbonyl (C=O) groups excluding carboxylic acids is 1. The summed E-state index contributed by atoms with van der Waals surface area (Å²) in [6.45, 7) is -0.540. The molecule has 0 saturated carbocycles. The van der Waals surface area contributed by atoms with Crippen LogP contribution in [0, 0.1) is 11.6 Å². The SMILES string of the molecule is CN(Cc1ccccc1N1CCOCC1)C(=O)c1c(F)cc(OC(F)F)cc1F. The van der Waals surface area contributed by atoms with E-state index in [4.69, 9.17) is 4.74 Å². The molecule has 2 aromatic rings. The standard InChI is InChI=1S/C20H20F4N2O3/c1-25(12-13-4-2-3-5-17(13)26-6-8-28-9-7-26)19(27)18-15(21)10-14(11-16(18)22)29-20(23)24/h2-5,10-11,20H,6-9,12H2,1H3. The molecule has 5 nitrogen and oxygen atoms in total. The fraction of sp³-hybridized carbons (Fsp3) is 0.350. The molecule has 9 heteroatoms. The molecular formula is C20H20F4N2O3. The third kappa shape index (κ3) is 4.97. The molecular weight excluding hydrogens is 392 g/mol.